The summed E-state index contributed by atoms with van der Waals surface area (Å²) in [5.74, 6) is -2.09. The number of carbonyl (C=O) groups is 2. The van der Waals surface area contributed by atoms with Crippen molar-refractivity contribution in [1.29, 1.82) is 0 Å². The third kappa shape index (κ3) is 3.09. The normalized spacial score (nSPS) is 12.8. The Morgan fingerprint density at radius 2 is 1.83 bits per heavy atom. The number of hydrogen-bond acceptors (Lipinski definition) is 4. The lowest BCUT2D eigenvalue weighted by molar-refractivity contribution is -0.306. The summed E-state index contributed by atoms with van der Waals surface area (Å²) in [6.45, 7) is 3.36. The third-order valence-corrected chi connectivity index (χ3v) is 3.16. The smallest absolute Gasteiger partial charge is 0.311 e. The molecule has 1 aromatic carbocycles. The molecule has 1 atom stereocenters. The minimum absolute atomic E-state index is 0.216. The second-order valence-electron chi connectivity index (χ2n) is 4.75. The van der Waals surface area contributed by atoms with Crippen molar-refractivity contribution in [3.05, 3.63) is 35.9 Å². The van der Waals surface area contributed by atoms with Gasteiger partial charge in [-0.25, -0.2) is 0 Å². The average molecular weight is 249 g/mol. The van der Waals surface area contributed by atoms with E-state index in [1.807, 2.05) is 18.2 Å². The highest BCUT2D eigenvalue weighted by atomic mass is 16.5. The van der Waals surface area contributed by atoms with E-state index in [0.717, 1.165) is 5.56 Å². The van der Waals surface area contributed by atoms with Crippen LogP contribution < -0.4 is 5.11 Å². The number of carboxylic acids is 1. The van der Waals surface area contributed by atoms with Crippen molar-refractivity contribution >= 4 is 11.9 Å². The van der Waals surface area contributed by atoms with Gasteiger partial charge >= 0.3 is 5.97 Å². The van der Waals surface area contributed by atoms with Gasteiger partial charge in [-0.1, -0.05) is 30.3 Å². The lowest BCUT2D eigenvalue weighted by Crippen LogP contribution is -2.36. The van der Waals surface area contributed by atoms with Crippen LogP contribution in [0.15, 0.2) is 30.3 Å². The summed E-state index contributed by atoms with van der Waals surface area (Å²) in [4.78, 5) is 22.7. The number of hydrogen-bond donors (Lipinski definition) is 0. The fraction of sp³-hybridized carbons (Fsp3) is 0.429. The molecule has 0 saturated carbocycles. The van der Waals surface area contributed by atoms with E-state index in [9.17, 15) is 14.7 Å². The Bertz CT molecular complexity index is 423. The molecular weight excluding hydrogens is 232 g/mol. The van der Waals surface area contributed by atoms with Crippen molar-refractivity contribution in [2.45, 2.75) is 26.2 Å². The van der Waals surface area contributed by atoms with Crippen LogP contribution in [0.25, 0.3) is 0 Å². The summed E-state index contributed by atoms with van der Waals surface area (Å²) in [6, 6.07) is 9.07. The largest absolute Gasteiger partial charge is 0.550 e. The first-order valence-corrected chi connectivity index (χ1v) is 5.72. The van der Waals surface area contributed by atoms with Crippen LogP contribution in [0.1, 0.15) is 31.7 Å². The number of methoxy groups -OCH3 is 1. The first kappa shape index (κ1) is 14.2. The standard InChI is InChI=1S/C14H18O4/c1-14(2,13(17)18-3)11(9-12(15)16)10-7-5-4-6-8-10/h4-8,11H,9H2,1-3H3,(H,15,16)/p-1/t11-/m1/s1. The molecule has 0 radical (unpaired) electrons. The molecule has 0 N–H and O–H groups in total. The van der Waals surface area contributed by atoms with Crippen LogP contribution in [0.5, 0.6) is 0 Å². The van der Waals surface area contributed by atoms with E-state index >= 15 is 0 Å². The Kier molecular flexibility index (Phi) is 4.48. The second kappa shape index (κ2) is 5.67. The van der Waals surface area contributed by atoms with Crippen molar-refractivity contribution in [2.75, 3.05) is 7.11 Å². The SMILES string of the molecule is COC(=O)C(C)(C)[C@H](CC(=O)[O-])c1ccccc1. The van der Waals surface area contributed by atoms with Crippen molar-refractivity contribution in [3.63, 3.8) is 0 Å². The van der Waals surface area contributed by atoms with Crippen LogP contribution in [-0.2, 0) is 14.3 Å². The van der Waals surface area contributed by atoms with Gasteiger partial charge in [-0.05, 0) is 25.8 Å². The number of ether oxygens (including phenoxy) is 1. The summed E-state index contributed by atoms with van der Waals surface area (Å²) < 4.78 is 4.75. The Labute approximate surface area is 107 Å². The molecule has 0 aromatic heterocycles. The van der Waals surface area contributed by atoms with E-state index in [4.69, 9.17) is 4.74 Å². The van der Waals surface area contributed by atoms with Gasteiger partial charge in [0.15, 0.2) is 0 Å². The highest BCUT2D eigenvalue weighted by molar-refractivity contribution is 5.78. The highest BCUT2D eigenvalue weighted by Gasteiger charge is 2.38. The van der Waals surface area contributed by atoms with Crippen LogP contribution in [0.4, 0.5) is 0 Å². The average Bonchev–Trinajstić information content (AvgIpc) is 2.35. The predicted molar refractivity (Wildman–Crippen MR) is 64.6 cm³/mol. The van der Waals surface area contributed by atoms with Gasteiger partial charge in [-0.3, -0.25) is 4.79 Å². The molecule has 0 aliphatic heterocycles. The summed E-state index contributed by atoms with van der Waals surface area (Å²) >= 11 is 0. The minimum atomic E-state index is -1.18. The van der Waals surface area contributed by atoms with Gasteiger partial charge in [0.05, 0.1) is 12.5 Å². The first-order chi connectivity index (χ1) is 8.39. The van der Waals surface area contributed by atoms with E-state index < -0.39 is 23.3 Å². The molecule has 98 valence electrons. The molecular formula is C14H17O4-. The summed E-state index contributed by atoms with van der Waals surface area (Å²) in [7, 11) is 1.30. The van der Waals surface area contributed by atoms with E-state index in [2.05, 4.69) is 0 Å². The minimum Gasteiger partial charge on any atom is -0.550 e. The van der Waals surface area contributed by atoms with Crippen molar-refractivity contribution in [2.24, 2.45) is 5.41 Å². The van der Waals surface area contributed by atoms with Crippen molar-refractivity contribution < 1.29 is 19.4 Å². The molecule has 0 fully saturated rings. The molecule has 1 rings (SSSR count). The molecule has 0 spiro atoms. The van der Waals surface area contributed by atoms with Crippen LogP contribution in [0, 0.1) is 5.41 Å². The van der Waals surface area contributed by atoms with E-state index in [1.165, 1.54) is 7.11 Å². The maximum absolute atomic E-state index is 11.8. The molecule has 0 bridgehead atoms. The lowest BCUT2D eigenvalue weighted by Gasteiger charge is -2.32. The Balaban J connectivity index is 3.13. The maximum atomic E-state index is 11.8. The number of benzene rings is 1. The molecule has 0 aliphatic rings. The molecule has 0 unspecified atom stereocenters. The number of esters is 1. The Morgan fingerprint density at radius 1 is 1.28 bits per heavy atom. The molecule has 18 heavy (non-hydrogen) atoms. The zero-order valence-electron chi connectivity index (χ0n) is 10.8. The van der Waals surface area contributed by atoms with Gasteiger partial charge in [0, 0.05) is 11.9 Å². The zero-order valence-corrected chi connectivity index (χ0v) is 10.8. The van der Waals surface area contributed by atoms with Gasteiger partial charge < -0.3 is 14.6 Å². The topological polar surface area (TPSA) is 66.4 Å². The van der Waals surface area contributed by atoms with Crippen LogP contribution in [0.3, 0.4) is 0 Å². The lowest BCUT2D eigenvalue weighted by atomic mass is 9.73. The molecule has 0 saturated heterocycles. The predicted octanol–water partition coefficient (Wildman–Crippen LogP) is 1.11. The number of aliphatic carboxylic acids is 1. The molecule has 0 aliphatic carbocycles. The summed E-state index contributed by atoms with van der Waals surface area (Å²) in [5, 5.41) is 10.9. The van der Waals surface area contributed by atoms with E-state index in [-0.39, 0.29) is 6.42 Å². The van der Waals surface area contributed by atoms with Crippen molar-refractivity contribution in [3.8, 4) is 0 Å². The molecule has 1 aromatic rings. The van der Waals surface area contributed by atoms with Crippen LogP contribution in [-0.4, -0.2) is 19.0 Å². The van der Waals surface area contributed by atoms with Crippen LogP contribution >= 0.6 is 0 Å². The quantitative estimate of drug-likeness (QED) is 0.733. The summed E-state index contributed by atoms with van der Waals surface area (Å²) in [5.41, 5.74) is -0.131. The van der Waals surface area contributed by atoms with Gasteiger partial charge in [0.1, 0.15) is 0 Å². The first-order valence-electron chi connectivity index (χ1n) is 5.72. The number of rotatable bonds is 5. The van der Waals surface area contributed by atoms with Gasteiger partial charge in [-0.15, -0.1) is 0 Å². The van der Waals surface area contributed by atoms with Gasteiger partial charge in [0.25, 0.3) is 0 Å². The maximum Gasteiger partial charge on any atom is 0.311 e. The Hall–Kier alpha value is -1.84. The van der Waals surface area contributed by atoms with Crippen LogP contribution in [0.2, 0.25) is 0 Å². The van der Waals surface area contributed by atoms with Gasteiger partial charge in [-0.2, -0.15) is 0 Å². The molecule has 0 amide bonds. The molecule has 4 nitrogen and oxygen atoms in total. The third-order valence-electron chi connectivity index (χ3n) is 3.16. The van der Waals surface area contributed by atoms with E-state index in [1.54, 1.807) is 26.0 Å². The molecule has 4 heteroatoms. The zero-order chi connectivity index (χ0) is 13.8. The van der Waals surface area contributed by atoms with Crippen molar-refractivity contribution in [1.82, 2.24) is 0 Å². The number of carboxylic acid groups (broad SMARTS) is 1. The molecule has 0 heterocycles. The summed E-state index contributed by atoms with van der Waals surface area (Å²) in [6.07, 6.45) is -0.216. The van der Waals surface area contributed by atoms with E-state index in [0.29, 0.717) is 0 Å². The monoisotopic (exact) mass is 249 g/mol. The fourth-order valence-corrected chi connectivity index (χ4v) is 2.05. The second-order valence-corrected chi connectivity index (χ2v) is 4.75. The highest BCUT2D eigenvalue weighted by Crippen LogP contribution is 2.38. The fourth-order valence-electron chi connectivity index (χ4n) is 2.05. The van der Waals surface area contributed by atoms with Gasteiger partial charge in [0.2, 0.25) is 0 Å². The Morgan fingerprint density at radius 3 is 2.28 bits per heavy atom. The number of carbonyl (C=O) groups excluding carboxylic acids is 2.